The first kappa shape index (κ1) is 32.1. The van der Waals surface area contributed by atoms with Crippen molar-refractivity contribution in [3.8, 4) is 5.75 Å². The Bertz CT molecular complexity index is 623. The Kier molecular flexibility index (Phi) is 20.4. The van der Waals surface area contributed by atoms with Crippen molar-refractivity contribution in [2.24, 2.45) is 0 Å². The van der Waals surface area contributed by atoms with E-state index in [0.717, 1.165) is 25.0 Å². The molecule has 0 fully saturated rings. The number of ether oxygens (including phenoxy) is 3. The van der Waals surface area contributed by atoms with Crippen LogP contribution in [-0.2, 0) is 18.6 Å². The van der Waals surface area contributed by atoms with Crippen LogP contribution in [0.5, 0.6) is 5.75 Å². The Morgan fingerprint density at radius 1 is 0.714 bits per heavy atom. The maximum Gasteiger partial charge on any atom is 0.469 e. The van der Waals surface area contributed by atoms with E-state index in [0.29, 0.717) is 32.8 Å². The van der Waals surface area contributed by atoms with Gasteiger partial charge in [0.1, 0.15) is 12.4 Å². The molecule has 0 aliphatic rings. The van der Waals surface area contributed by atoms with Gasteiger partial charge >= 0.3 is 7.82 Å². The molecule has 0 saturated heterocycles. The van der Waals surface area contributed by atoms with Crippen LogP contribution in [0.15, 0.2) is 30.3 Å². The summed E-state index contributed by atoms with van der Waals surface area (Å²) < 4.78 is 32.8. The SMILES string of the molecule is CCCCCCCCCCCCCCCC(COCCOCCOc1ccccc1)OP(=O)(O)O. The highest BCUT2D eigenvalue weighted by atomic mass is 31.2. The molecule has 1 rings (SSSR count). The van der Waals surface area contributed by atoms with Gasteiger partial charge in [-0.2, -0.15) is 0 Å². The Morgan fingerprint density at radius 2 is 1.23 bits per heavy atom. The zero-order valence-electron chi connectivity index (χ0n) is 21.8. The average molecular weight is 517 g/mol. The minimum atomic E-state index is -4.54. The van der Waals surface area contributed by atoms with Gasteiger partial charge in [-0.3, -0.25) is 4.52 Å². The number of unbranched alkanes of at least 4 members (excludes halogenated alkanes) is 12. The molecule has 1 unspecified atom stereocenters. The highest BCUT2D eigenvalue weighted by Gasteiger charge is 2.22. The zero-order valence-corrected chi connectivity index (χ0v) is 22.7. The van der Waals surface area contributed by atoms with E-state index in [4.69, 9.17) is 18.7 Å². The van der Waals surface area contributed by atoms with E-state index in [9.17, 15) is 14.4 Å². The van der Waals surface area contributed by atoms with Crippen LogP contribution in [0.1, 0.15) is 96.8 Å². The lowest BCUT2D eigenvalue weighted by Gasteiger charge is -2.18. The molecule has 1 aromatic carbocycles. The second kappa shape index (κ2) is 22.3. The predicted octanol–water partition coefficient (Wildman–Crippen LogP) is 7.06. The third-order valence-corrected chi connectivity index (χ3v) is 6.40. The Morgan fingerprint density at radius 3 is 1.80 bits per heavy atom. The summed E-state index contributed by atoms with van der Waals surface area (Å²) in [5, 5.41) is 0. The molecule has 0 bridgehead atoms. The van der Waals surface area contributed by atoms with Crippen LogP contribution in [0.4, 0.5) is 0 Å². The minimum absolute atomic E-state index is 0.146. The molecule has 0 spiro atoms. The van der Waals surface area contributed by atoms with Crippen LogP contribution in [0.3, 0.4) is 0 Å². The number of hydrogen-bond donors (Lipinski definition) is 2. The molecule has 0 aromatic heterocycles. The zero-order chi connectivity index (χ0) is 25.5. The normalized spacial score (nSPS) is 12.7. The highest BCUT2D eigenvalue weighted by Crippen LogP contribution is 2.38. The fourth-order valence-corrected chi connectivity index (χ4v) is 4.47. The summed E-state index contributed by atoms with van der Waals surface area (Å²) in [6.45, 7) is 4.02. The number of benzene rings is 1. The van der Waals surface area contributed by atoms with Gasteiger partial charge in [-0.25, -0.2) is 4.57 Å². The molecule has 8 heteroatoms. The average Bonchev–Trinajstić information content (AvgIpc) is 2.83. The van der Waals surface area contributed by atoms with E-state index in [1.807, 2.05) is 30.3 Å². The molecule has 1 atom stereocenters. The second-order valence-electron chi connectivity index (χ2n) is 9.10. The lowest BCUT2D eigenvalue weighted by atomic mass is 10.0. The van der Waals surface area contributed by atoms with Gasteiger partial charge in [0.15, 0.2) is 0 Å². The number of hydrogen-bond acceptors (Lipinski definition) is 5. The second-order valence-corrected chi connectivity index (χ2v) is 10.3. The van der Waals surface area contributed by atoms with Gasteiger partial charge in [-0.05, 0) is 18.6 Å². The molecule has 0 heterocycles. The van der Waals surface area contributed by atoms with E-state index < -0.39 is 13.9 Å². The van der Waals surface area contributed by atoms with Gasteiger partial charge in [0.2, 0.25) is 0 Å². The van der Waals surface area contributed by atoms with Crippen molar-refractivity contribution in [3.05, 3.63) is 30.3 Å². The van der Waals surface area contributed by atoms with E-state index in [1.54, 1.807) is 0 Å². The molecular formula is C27H49O7P. The van der Waals surface area contributed by atoms with Crippen LogP contribution in [-0.4, -0.2) is 48.9 Å². The molecule has 7 nitrogen and oxygen atoms in total. The lowest BCUT2D eigenvalue weighted by molar-refractivity contribution is -0.00356. The molecule has 204 valence electrons. The summed E-state index contributed by atoms with van der Waals surface area (Å²) in [6, 6.07) is 9.54. The molecular weight excluding hydrogens is 467 g/mol. The van der Waals surface area contributed by atoms with Crippen molar-refractivity contribution >= 4 is 7.82 Å². The van der Waals surface area contributed by atoms with Crippen LogP contribution in [0.25, 0.3) is 0 Å². The predicted molar refractivity (Wildman–Crippen MR) is 141 cm³/mol. The molecule has 0 radical (unpaired) electrons. The highest BCUT2D eigenvalue weighted by molar-refractivity contribution is 7.46. The Labute approximate surface area is 213 Å². The summed E-state index contributed by atoms with van der Waals surface area (Å²) in [6.07, 6.45) is 16.4. The Hall–Kier alpha value is -0.950. The minimum Gasteiger partial charge on any atom is -0.491 e. The van der Waals surface area contributed by atoms with Gasteiger partial charge in [-0.1, -0.05) is 109 Å². The molecule has 0 aliphatic carbocycles. The molecule has 1 aromatic rings. The first-order valence-electron chi connectivity index (χ1n) is 13.6. The van der Waals surface area contributed by atoms with Crippen LogP contribution in [0.2, 0.25) is 0 Å². The van der Waals surface area contributed by atoms with E-state index in [-0.39, 0.29) is 6.61 Å². The first-order chi connectivity index (χ1) is 17.0. The van der Waals surface area contributed by atoms with Gasteiger partial charge in [-0.15, -0.1) is 0 Å². The first-order valence-corrected chi connectivity index (χ1v) is 15.1. The third kappa shape index (κ3) is 22.0. The third-order valence-electron chi connectivity index (χ3n) is 5.83. The maximum absolute atomic E-state index is 11.3. The number of rotatable bonds is 25. The van der Waals surface area contributed by atoms with Gasteiger partial charge in [0.25, 0.3) is 0 Å². The monoisotopic (exact) mass is 516 g/mol. The van der Waals surface area contributed by atoms with Gasteiger partial charge in [0, 0.05) is 0 Å². The maximum atomic E-state index is 11.3. The van der Waals surface area contributed by atoms with Crippen LogP contribution >= 0.6 is 7.82 Å². The lowest BCUT2D eigenvalue weighted by Crippen LogP contribution is -2.21. The summed E-state index contributed by atoms with van der Waals surface area (Å²) in [5.41, 5.74) is 0. The smallest absolute Gasteiger partial charge is 0.469 e. The summed E-state index contributed by atoms with van der Waals surface area (Å²) >= 11 is 0. The van der Waals surface area contributed by atoms with E-state index in [1.165, 1.54) is 64.2 Å². The van der Waals surface area contributed by atoms with Crippen molar-refractivity contribution in [3.63, 3.8) is 0 Å². The van der Waals surface area contributed by atoms with Crippen LogP contribution < -0.4 is 4.74 Å². The topological polar surface area (TPSA) is 94.5 Å². The summed E-state index contributed by atoms with van der Waals surface area (Å²) in [5.74, 6) is 0.804. The standard InChI is InChI=1S/C27H49O7P/c1-2-3-4-5-6-7-8-9-10-11-12-13-15-20-27(34-35(28,29)30)25-32-22-21-31-23-24-33-26-18-16-14-17-19-26/h14,16-19,27H,2-13,15,20-25H2,1H3,(H2,28,29,30). The van der Waals surface area contributed by atoms with Crippen molar-refractivity contribution in [2.45, 2.75) is 103 Å². The van der Waals surface area contributed by atoms with E-state index in [2.05, 4.69) is 6.92 Å². The molecule has 2 N–H and O–H groups in total. The number of phosphoric acid groups is 1. The fourth-order valence-electron chi connectivity index (χ4n) is 3.92. The molecule has 35 heavy (non-hydrogen) atoms. The molecule has 0 amide bonds. The van der Waals surface area contributed by atoms with Crippen molar-refractivity contribution in [2.75, 3.05) is 33.0 Å². The largest absolute Gasteiger partial charge is 0.491 e. The molecule has 0 saturated carbocycles. The van der Waals surface area contributed by atoms with Crippen molar-refractivity contribution < 1.29 is 33.1 Å². The van der Waals surface area contributed by atoms with Gasteiger partial charge < -0.3 is 24.0 Å². The fraction of sp³-hybridized carbons (Fsp3) is 0.778. The van der Waals surface area contributed by atoms with Crippen molar-refractivity contribution in [1.82, 2.24) is 0 Å². The van der Waals surface area contributed by atoms with E-state index >= 15 is 0 Å². The Balaban J connectivity index is 2.00. The quantitative estimate of drug-likeness (QED) is 0.106. The summed E-state index contributed by atoms with van der Waals surface area (Å²) in [7, 11) is -4.54. The number of para-hydroxylation sites is 1. The summed E-state index contributed by atoms with van der Waals surface area (Å²) in [4.78, 5) is 18.4. The van der Waals surface area contributed by atoms with Crippen LogP contribution in [0, 0.1) is 0 Å². The molecule has 0 aliphatic heterocycles. The number of phosphoric ester groups is 1. The van der Waals surface area contributed by atoms with Crippen molar-refractivity contribution in [1.29, 1.82) is 0 Å². The van der Waals surface area contributed by atoms with Gasteiger partial charge in [0.05, 0.1) is 32.5 Å².